The van der Waals surface area contributed by atoms with Gasteiger partial charge in [0, 0.05) is 42.7 Å². The van der Waals surface area contributed by atoms with Gasteiger partial charge in [0.1, 0.15) is 0 Å². The van der Waals surface area contributed by atoms with Gasteiger partial charge in [0.05, 0.1) is 0 Å². The minimum Gasteiger partial charge on any atom is -0.476 e. The van der Waals surface area contributed by atoms with Crippen LogP contribution in [0.1, 0.15) is 69.8 Å². The van der Waals surface area contributed by atoms with Gasteiger partial charge in [0.25, 0.3) is 0 Å². The Kier molecular flexibility index (Phi) is 7.62. The first-order chi connectivity index (χ1) is 13.7. The Morgan fingerprint density at radius 3 is 2.66 bits per heavy atom. The second-order valence-corrected chi connectivity index (χ2v) is 11.5. The smallest absolute Gasteiger partial charge is 0.355 e. The predicted octanol–water partition coefficient (Wildman–Crippen LogP) is 4.12. The van der Waals surface area contributed by atoms with E-state index >= 15 is 0 Å². The lowest BCUT2D eigenvalue weighted by atomic mass is 9.71. The van der Waals surface area contributed by atoms with Crippen molar-refractivity contribution in [3.05, 3.63) is 11.1 Å². The lowest BCUT2D eigenvalue weighted by Crippen LogP contribution is -2.45. The van der Waals surface area contributed by atoms with Gasteiger partial charge in [0.15, 0.2) is 10.0 Å². The van der Waals surface area contributed by atoms with Crippen molar-refractivity contribution in [2.45, 2.75) is 75.7 Å². The maximum atomic E-state index is 12.3. The summed E-state index contributed by atoms with van der Waals surface area (Å²) in [5.74, 6) is 0.797. The molecule has 1 saturated carbocycles. The van der Waals surface area contributed by atoms with Crippen LogP contribution >= 0.6 is 23.1 Å². The van der Waals surface area contributed by atoms with Crippen molar-refractivity contribution in [2.75, 3.05) is 18.8 Å². The van der Waals surface area contributed by atoms with Crippen LogP contribution in [-0.2, 0) is 4.79 Å². The fourth-order valence-electron chi connectivity index (χ4n) is 4.43. The number of aromatic carboxylic acids is 1. The minimum absolute atomic E-state index is 0.0954. The standard InChI is InChI=1S/C21H33N3O3S2/c1-21(2,3)14-4-6-15(7-5-14)22-12-16-8-9-18(25)24(16)10-11-28-20-23-17(13-29-20)19(26)27/h13-16,22H,4-12H2,1-3H3,(H,26,27). The van der Waals surface area contributed by atoms with Gasteiger partial charge in [-0.05, 0) is 43.4 Å². The van der Waals surface area contributed by atoms with Crippen molar-refractivity contribution in [3.63, 3.8) is 0 Å². The Balaban J connectivity index is 1.41. The molecule has 8 heteroatoms. The van der Waals surface area contributed by atoms with Crippen LogP contribution < -0.4 is 5.32 Å². The summed E-state index contributed by atoms with van der Waals surface area (Å²) in [6.45, 7) is 8.61. The molecular formula is C21H33N3O3S2. The zero-order chi connectivity index (χ0) is 21.0. The highest BCUT2D eigenvalue weighted by atomic mass is 32.2. The predicted molar refractivity (Wildman–Crippen MR) is 118 cm³/mol. The third-order valence-corrected chi connectivity index (χ3v) is 8.31. The van der Waals surface area contributed by atoms with Gasteiger partial charge in [-0.15, -0.1) is 11.3 Å². The van der Waals surface area contributed by atoms with Crippen LogP contribution in [0.2, 0.25) is 0 Å². The number of nitrogens with one attached hydrogen (secondary N) is 1. The number of thioether (sulfide) groups is 1. The number of thiazole rings is 1. The summed E-state index contributed by atoms with van der Waals surface area (Å²) in [4.78, 5) is 29.4. The zero-order valence-electron chi connectivity index (χ0n) is 17.6. The number of carbonyl (C=O) groups is 2. The molecule has 1 unspecified atom stereocenters. The molecule has 1 amide bonds. The summed E-state index contributed by atoms with van der Waals surface area (Å²) in [7, 11) is 0. The number of carboxylic acids is 1. The minimum atomic E-state index is -0.995. The largest absolute Gasteiger partial charge is 0.476 e. The van der Waals surface area contributed by atoms with Crippen LogP contribution in [0.25, 0.3) is 0 Å². The van der Waals surface area contributed by atoms with Crippen LogP contribution in [0.5, 0.6) is 0 Å². The summed E-state index contributed by atoms with van der Waals surface area (Å²) in [5.41, 5.74) is 0.498. The molecule has 0 spiro atoms. The van der Waals surface area contributed by atoms with E-state index in [1.54, 1.807) is 5.38 Å². The quantitative estimate of drug-likeness (QED) is 0.593. The number of likely N-dealkylation sites (tertiary alicyclic amines) is 1. The van der Waals surface area contributed by atoms with Crippen LogP contribution in [0.4, 0.5) is 0 Å². The van der Waals surface area contributed by atoms with Crippen molar-refractivity contribution in [3.8, 4) is 0 Å². The van der Waals surface area contributed by atoms with Gasteiger partial charge in [-0.3, -0.25) is 4.79 Å². The van der Waals surface area contributed by atoms with Crippen LogP contribution in [0, 0.1) is 11.3 Å². The summed E-state index contributed by atoms with van der Waals surface area (Å²) < 4.78 is 0.749. The Hall–Kier alpha value is -1.12. The number of hydrogen-bond acceptors (Lipinski definition) is 6. The highest BCUT2D eigenvalue weighted by Gasteiger charge is 2.33. The number of amides is 1. The Morgan fingerprint density at radius 1 is 1.31 bits per heavy atom. The number of carboxylic acid groups (broad SMARTS) is 1. The highest BCUT2D eigenvalue weighted by Crippen LogP contribution is 2.37. The number of rotatable bonds is 8. The molecule has 0 aromatic carbocycles. The molecule has 3 rings (SSSR count). The lowest BCUT2D eigenvalue weighted by molar-refractivity contribution is -0.128. The molecular weight excluding hydrogens is 406 g/mol. The lowest BCUT2D eigenvalue weighted by Gasteiger charge is -2.38. The fourth-order valence-corrected chi connectivity index (χ4v) is 6.24. The zero-order valence-corrected chi connectivity index (χ0v) is 19.3. The van der Waals surface area contributed by atoms with Crippen molar-refractivity contribution in [1.29, 1.82) is 0 Å². The van der Waals surface area contributed by atoms with E-state index < -0.39 is 5.97 Å². The highest BCUT2D eigenvalue weighted by molar-refractivity contribution is 8.01. The molecule has 1 aromatic heterocycles. The molecule has 2 fully saturated rings. The summed E-state index contributed by atoms with van der Waals surface area (Å²) in [6, 6.07) is 0.847. The molecule has 29 heavy (non-hydrogen) atoms. The van der Waals surface area contributed by atoms with Gasteiger partial charge in [-0.2, -0.15) is 0 Å². The molecule has 162 valence electrons. The van der Waals surface area contributed by atoms with E-state index in [1.165, 1.54) is 48.8 Å². The molecule has 1 aliphatic carbocycles. The monoisotopic (exact) mass is 439 g/mol. The Morgan fingerprint density at radius 2 is 2.03 bits per heavy atom. The van der Waals surface area contributed by atoms with Crippen LogP contribution in [-0.4, -0.2) is 57.8 Å². The first-order valence-corrected chi connectivity index (χ1v) is 12.4. The third-order valence-electron chi connectivity index (χ3n) is 6.31. The molecule has 0 radical (unpaired) electrons. The second kappa shape index (κ2) is 9.79. The third kappa shape index (κ3) is 6.18. The summed E-state index contributed by atoms with van der Waals surface area (Å²) in [6.07, 6.45) is 6.60. The van der Waals surface area contributed by atoms with Gasteiger partial charge >= 0.3 is 5.97 Å². The summed E-state index contributed by atoms with van der Waals surface area (Å²) >= 11 is 2.88. The number of nitrogens with zero attached hydrogens (tertiary/aromatic N) is 2. The molecule has 1 aliphatic heterocycles. The number of aromatic nitrogens is 1. The molecule has 2 heterocycles. The SMILES string of the molecule is CC(C)(C)C1CCC(NCC2CCC(=O)N2CCSc2nc(C(=O)O)cs2)CC1. The van der Waals surface area contributed by atoms with E-state index in [-0.39, 0.29) is 17.6 Å². The second-order valence-electron chi connectivity index (χ2n) is 9.25. The maximum Gasteiger partial charge on any atom is 0.355 e. The van der Waals surface area contributed by atoms with Crippen LogP contribution in [0.3, 0.4) is 0 Å². The molecule has 1 aromatic rings. The van der Waals surface area contributed by atoms with Crippen molar-refractivity contribution >= 4 is 35.0 Å². The van der Waals surface area contributed by atoms with Gasteiger partial charge in [-0.1, -0.05) is 32.5 Å². The average Bonchev–Trinajstić information content (AvgIpc) is 3.27. The first-order valence-electron chi connectivity index (χ1n) is 10.6. The van der Waals surface area contributed by atoms with Gasteiger partial charge in [0.2, 0.25) is 5.91 Å². The summed E-state index contributed by atoms with van der Waals surface area (Å²) in [5, 5.41) is 14.3. The maximum absolute atomic E-state index is 12.3. The van der Waals surface area contributed by atoms with E-state index in [0.29, 0.717) is 24.4 Å². The van der Waals surface area contributed by atoms with E-state index in [2.05, 4.69) is 31.1 Å². The van der Waals surface area contributed by atoms with E-state index in [1.807, 2.05) is 4.90 Å². The molecule has 2 aliphatic rings. The van der Waals surface area contributed by atoms with Crippen molar-refractivity contribution in [1.82, 2.24) is 15.2 Å². The van der Waals surface area contributed by atoms with Crippen LogP contribution in [0.15, 0.2) is 9.72 Å². The Labute approximate surface area is 181 Å². The normalized spacial score (nSPS) is 25.6. The fraction of sp³-hybridized carbons (Fsp3) is 0.762. The van der Waals surface area contributed by atoms with Gasteiger partial charge in [-0.25, -0.2) is 9.78 Å². The van der Waals surface area contributed by atoms with E-state index in [4.69, 9.17) is 5.11 Å². The molecule has 2 N–H and O–H groups in total. The van der Waals surface area contributed by atoms with Crippen molar-refractivity contribution in [2.24, 2.45) is 11.3 Å². The van der Waals surface area contributed by atoms with Gasteiger partial charge < -0.3 is 15.3 Å². The van der Waals surface area contributed by atoms with E-state index in [9.17, 15) is 9.59 Å². The molecule has 1 saturated heterocycles. The number of hydrogen-bond donors (Lipinski definition) is 2. The average molecular weight is 440 g/mol. The number of carbonyl (C=O) groups excluding carboxylic acids is 1. The van der Waals surface area contributed by atoms with Crippen molar-refractivity contribution < 1.29 is 14.7 Å². The molecule has 6 nitrogen and oxygen atoms in total. The Bertz CT molecular complexity index is 708. The first kappa shape index (κ1) is 22.6. The van der Waals surface area contributed by atoms with E-state index in [0.717, 1.165) is 29.0 Å². The molecule has 0 bridgehead atoms. The molecule has 1 atom stereocenters. The topological polar surface area (TPSA) is 82.5 Å².